The molecule has 25 heavy (non-hydrogen) atoms. The number of rotatable bonds is 4. The average Bonchev–Trinajstić information content (AvgIpc) is 3.00. The van der Waals surface area contributed by atoms with Gasteiger partial charge < -0.3 is 5.32 Å². The van der Waals surface area contributed by atoms with Gasteiger partial charge in [-0.15, -0.1) is 11.3 Å². The first-order valence-corrected chi connectivity index (χ1v) is 9.81. The second-order valence-corrected chi connectivity index (χ2v) is 7.66. The molecule has 2 aromatic heterocycles. The van der Waals surface area contributed by atoms with Crippen LogP contribution in [0.4, 0.5) is 0 Å². The smallest absolute Gasteiger partial charge is 0.0815 e. The van der Waals surface area contributed by atoms with Crippen molar-refractivity contribution in [2.75, 3.05) is 20.1 Å². The second-order valence-electron chi connectivity index (χ2n) is 6.77. The maximum absolute atomic E-state index is 4.72. The van der Waals surface area contributed by atoms with Gasteiger partial charge in [0.15, 0.2) is 0 Å². The van der Waals surface area contributed by atoms with Crippen molar-refractivity contribution in [3.63, 3.8) is 0 Å². The number of benzene rings is 1. The van der Waals surface area contributed by atoms with Crippen LogP contribution in [-0.2, 0) is 19.4 Å². The SMILES string of the molecule is CNCc1cnc2c(c1)CCN(C(C)c1ccc3scnc3c1)CC2. The number of nitrogens with zero attached hydrogens (tertiary/aromatic N) is 3. The maximum Gasteiger partial charge on any atom is 0.0815 e. The Kier molecular flexibility index (Phi) is 4.79. The van der Waals surface area contributed by atoms with Crippen molar-refractivity contribution in [3.8, 4) is 0 Å². The summed E-state index contributed by atoms with van der Waals surface area (Å²) in [5.41, 5.74) is 8.36. The van der Waals surface area contributed by atoms with Crippen LogP contribution in [-0.4, -0.2) is 35.0 Å². The summed E-state index contributed by atoms with van der Waals surface area (Å²) in [7, 11) is 1.98. The number of nitrogens with one attached hydrogen (secondary N) is 1. The first-order chi connectivity index (χ1) is 12.2. The molecule has 1 aromatic carbocycles. The molecule has 3 aromatic rings. The summed E-state index contributed by atoms with van der Waals surface area (Å²) < 4.78 is 1.26. The molecule has 0 spiro atoms. The van der Waals surface area contributed by atoms with E-state index in [2.05, 4.69) is 46.4 Å². The Morgan fingerprint density at radius 2 is 2.08 bits per heavy atom. The van der Waals surface area contributed by atoms with Gasteiger partial charge in [-0.3, -0.25) is 9.88 Å². The topological polar surface area (TPSA) is 41.1 Å². The molecule has 130 valence electrons. The normalized spacial score (nSPS) is 16.6. The Balaban J connectivity index is 1.52. The lowest BCUT2D eigenvalue weighted by Crippen LogP contribution is -2.29. The Morgan fingerprint density at radius 1 is 1.20 bits per heavy atom. The van der Waals surface area contributed by atoms with E-state index in [9.17, 15) is 0 Å². The molecule has 4 rings (SSSR count). The van der Waals surface area contributed by atoms with Crippen molar-refractivity contribution in [2.45, 2.75) is 32.4 Å². The number of pyridine rings is 1. The van der Waals surface area contributed by atoms with Gasteiger partial charge in [0.05, 0.1) is 15.7 Å². The molecule has 1 unspecified atom stereocenters. The summed E-state index contributed by atoms with van der Waals surface area (Å²) in [6.45, 7) is 5.33. The molecule has 1 atom stereocenters. The molecule has 0 aliphatic carbocycles. The molecular weight excluding hydrogens is 328 g/mol. The fourth-order valence-electron chi connectivity index (χ4n) is 3.69. The average molecular weight is 353 g/mol. The predicted octanol–water partition coefficient (Wildman–Crippen LogP) is 3.57. The van der Waals surface area contributed by atoms with E-state index < -0.39 is 0 Å². The Labute approximate surface area is 152 Å². The van der Waals surface area contributed by atoms with Crippen LogP contribution in [0, 0.1) is 0 Å². The molecule has 5 heteroatoms. The van der Waals surface area contributed by atoms with Crippen molar-refractivity contribution >= 4 is 21.6 Å². The Morgan fingerprint density at radius 3 is 2.96 bits per heavy atom. The van der Waals surface area contributed by atoms with Gasteiger partial charge in [-0.2, -0.15) is 0 Å². The maximum atomic E-state index is 4.72. The van der Waals surface area contributed by atoms with Gasteiger partial charge in [0, 0.05) is 44.0 Å². The van der Waals surface area contributed by atoms with Crippen LogP contribution < -0.4 is 5.32 Å². The zero-order valence-corrected chi connectivity index (χ0v) is 15.6. The minimum absolute atomic E-state index is 0.400. The van der Waals surface area contributed by atoms with Crippen LogP contribution in [0.25, 0.3) is 10.2 Å². The van der Waals surface area contributed by atoms with Crippen LogP contribution in [0.3, 0.4) is 0 Å². The molecule has 0 radical (unpaired) electrons. The lowest BCUT2D eigenvalue weighted by Gasteiger charge is -2.27. The third kappa shape index (κ3) is 3.45. The molecule has 1 aliphatic heterocycles. The van der Waals surface area contributed by atoms with E-state index in [4.69, 9.17) is 4.98 Å². The van der Waals surface area contributed by atoms with E-state index in [0.717, 1.165) is 38.0 Å². The molecule has 0 saturated heterocycles. The highest BCUT2D eigenvalue weighted by Gasteiger charge is 2.21. The quantitative estimate of drug-likeness (QED) is 0.779. The molecule has 0 saturated carbocycles. The number of fused-ring (bicyclic) bond motifs is 2. The first-order valence-electron chi connectivity index (χ1n) is 8.93. The van der Waals surface area contributed by atoms with Crippen molar-refractivity contribution in [3.05, 3.63) is 58.4 Å². The largest absolute Gasteiger partial charge is 0.316 e. The van der Waals surface area contributed by atoms with Crippen LogP contribution in [0.15, 0.2) is 36.0 Å². The fraction of sp³-hybridized carbons (Fsp3) is 0.400. The van der Waals surface area contributed by atoms with Crippen molar-refractivity contribution < 1.29 is 0 Å². The van der Waals surface area contributed by atoms with Gasteiger partial charge in [0.25, 0.3) is 0 Å². The van der Waals surface area contributed by atoms with Gasteiger partial charge in [0.1, 0.15) is 0 Å². The fourth-order valence-corrected chi connectivity index (χ4v) is 4.35. The first kappa shape index (κ1) is 16.6. The van der Waals surface area contributed by atoms with Crippen LogP contribution in [0.2, 0.25) is 0 Å². The van der Waals surface area contributed by atoms with Gasteiger partial charge in [0.2, 0.25) is 0 Å². The second kappa shape index (κ2) is 7.20. The van der Waals surface area contributed by atoms with Crippen molar-refractivity contribution in [1.82, 2.24) is 20.2 Å². The van der Waals surface area contributed by atoms with Gasteiger partial charge in [-0.1, -0.05) is 12.1 Å². The summed E-state index contributed by atoms with van der Waals surface area (Å²) in [6.07, 6.45) is 4.12. The van der Waals surface area contributed by atoms with E-state index in [1.54, 1.807) is 11.3 Å². The van der Waals surface area contributed by atoms with Crippen LogP contribution >= 0.6 is 11.3 Å². The lowest BCUT2D eigenvalue weighted by atomic mass is 10.1. The summed E-state index contributed by atoms with van der Waals surface area (Å²) >= 11 is 1.71. The summed E-state index contributed by atoms with van der Waals surface area (Å²) in [4.78, 5) is 11.8. The Hall–Kier alpha value is -1.82. The van der Waals surface area contributed by atoms with Crippen molar-refractivity contribution in [1.29, 1.82) is 0 Å². The minimum Gasteiger partial charge on any atom is -0.316 e. The third-order valence-electron chi connectivity index (χ3n) is 5.19. The van der Waals surface area contributed by atoms with Gasteiger partial charge in [-0.05, 0) is 49.2 Å². The number of thiazole rings is 1. The van der Waals surface area contributed by atoms with E-state index in [1.165, 1.54) is 27.1 Å². The molecular formula is C20H24N4S. The predicted molar refractivity (Wildman–Crippen MR) is 104 cm³/mol. The third-order valence-corrected chi connectivity index (χ3v) is 6.00. The summed E-state index contributed by atoms with van der Waals surface area (Å²) in [5, 5.41) is 3.21. The zero-order valence-electron chi connectivity index (χ0n) is 14.8. The number of hydrogen-bond acceptors (Lipinski definition) is 5. The lowest BCUT2D eigenvalue weighted by molar-refractivity contribution is 0.221. The molecule has 0 bridgehead atoms. The van der Waals surface area contributed by atoms with E-state index in [1.807, 2.05) is 18.8 Å². The molecule has 0 amide bonds. The zero-order chi connectivity index (χ0) is 17.2. The molecule has 0 fully saturated rings. The molecule has 1 aliphatic rings. The molecule has 1 N–H and O–H groups in total. The van der Waals surface area contributed by atoms with E-state index in [-0.39, 0.29) is 0 Å². The highest BCUT2D eigenvalue weighted by atomic mass is 32.1. The van der Waals surface area contributed by atoms with Gasteiger partial charge >= 0.3 is 0 Å². The minimum atomic E-state index is 0.400. The van der Waals surface area contributed by atoms with Crippen LogP contribution in [0.1, 0.15) is 35.3 Å². The Bertz CT molecular complexity index is 873. The van der Waals surface area contributed by atoms with Crippen molar-refractivity contribution in [2.24, 2.45) is 0 Å². The monoisotopic (exact) mass is 352 g/mol. The highest BCUT2D eigenvalue weighted by Crippen LogP contribution is 2.27. The van der Waals surface area contributed by atoms with E-state index >= 15 is 0 Å². The number of aromatic nitrogens is 2. The number of hydrogen-bond donors (Lipinski definition) is 1. The molecule has 3 heterocycles. The van der Waals surface area contributed by atoms with Crippen LogP contribution in [0.5, 0.6) is 0 Å². The van der Waals surface area contributed by atoms with E-state index in [0.29, 0.717) is 6.04 Å². The summed E-state index contributed by atoms with van der Waals surface area (Å²) in [6, 6.07) is 9.44. The summed E-state index contributed by atoms with van der Waals surface area (Å²) in [5.74, 6) is 0. The standard InChI is InChI=1S/C20H24N4S/c1-14(16-3-4-20-19(10-16)23-13-25-20)24-7-5-17-9-15(11-21-2)12-22-18(17)6-8-24/h3-4,9-10,12-14,21H,5-8,11H2,1-2H3. The highest BCUT2D eigenvalue weighted by molar-refractivity contribution is 7.16. The van der Waals surface area contributed by atoms with Gasteiger partial charge in [-0.25, -0.2) is 4.98 Å². The molecule has 4 nitrogen and oxygen atoms in total.